The van der Waals surface area contributed by atoms with Crippen molar-refractivity contribution in [3.8, 4) is 0 Å². The minimum atomic E-state index is 0.0585. The fraction of sp³-hybridized carbons (Fsp3) is 0.240. The zero-order chi connectivity index (χ0) is 38.8. The van der Waals surface area contributed by atoms with Crippen molar-refractivity contribution in [2.45, 2.75) is 63.5 Å². The molecule has 0 unspecified atom stereocenters. The van der Waals surface area contributed by atoms with Crippen LogP contribution in [0.1, 0.15) is 82.5 Å². The van der Waals surface area contributed by atoms with E-state index in [1.165, 1.54) is 27.8 Å². The summed E-state index contributed by atoms with van der Waals surface area (Å²) in [5.74, 6) is 3.94. The molecule has 2 atom stereocenters. The van der Waals surface area contributed by atoms with Crippen molar-refractivity contribution in [2.75, 3.05) is 22.5 Å². The summed E-state index contributed by atoms with van der Waals surface area (Å²) >= 11 is 0. The Morgan fingerprint density at radius 2 is 0.877 bits per heavy atom. The average molecular weight is 750 g/mol. The molecule has 1 fully saturated rings. The van der Waals surface area contributed by atoms with Crippen LogP contribution in [0.2, 0.25) is 0 Å². The van der Waals surface area contributed by atoms with Crippen LogP contribution < -0.4 is 16.0 Å². The highest BCUT2D eigenvalue weighted by Gasteiger charge is 2.54. The summed E-state index contributed by atoms with van der Waals surface area (Å²) in [6.07, 6.45) is 1.61. The van der Waals surface area contributed by atoms with Crippen LogP contribution >= 0.6 is 0 Å². The average Bonchev–Trinajstić information content (AvgIpc) is 3.25. The van der Waals surface area contributed by atoms with Crippen LogP contribution in [0.5, 0.6) is 0 Å². The Balaban J connectivity index is 1.22. The number of nitrogens with zero attached hydrogens (tertiary/aromatic N) is 4. The second-order valence-electron chi connectivity index (χ2n) is 15.5. The van der Waals surface area contributed by atoms with E-state index in [0.29, 0.717) is 25.0 Å². The Bertz CT molecular complexity index is 2190. The van der Waals surface area contributed by atoms with Gasteiger partial charge in [-0.1, -0.05) is 166 Å². The second-order valence-corrected chi connectivity index (χ2v) is 15.5. The van der Waals surface area contributed by atoms with Crippen molar-refractivity contribution in [3.63, 3.8) is 0 Å². The lowest BCUT2D eigenvalue weighted by atomic mass is 9.50. The maximum atomic E-state index is 5.44. The Morgan fingerprint density at radius 3 is 1.37 bits per heavy atom. The first-order valence-corrected chi connectivity index (χ1v) is 20.3. The summed E-state index contributed by atoms with van der Waals surface area (Å²) in [5.41, 5.74) is 8.31. The lowest BCUT2D eigenvalue weighted by molar-refractivity contribution is 0.219. The standard InChI is InChI=1S/C50H51N7/c1-35(2)32-53-50-55-42(31-45(57-50)52-34-38-22-12-5-13-23-38)49-46(39-24-14-6-15-25-39)48(47(49)40-26-16-7-17-27-40)41-30-44(51-33-37-20-10-4-11-21-37)56-43(54-41)29-28-36-18-8-3-9-19-36/h3-27,30-31,35,46-49H,28-29,32-34H2,1-2H3,(H,51,54,56)(H2,52,53,55,57)/t46-,47-,48?,49?/m1/s1. The third kappa shape index (κ3) is 9.38. The number of hydrogen-bond acceptors (Lipinski definition) is 7. The van der Waals surface area contributed by atoms with Crippen molar-refractivity contribution in [1.82, 2.24) is 19.9 Å². The van der Waals surface area contributed by atoms with Gasteiger partial charge in [0.05, 0.1) is 11.4 Å². The van der Waals surface area contributed by atoms with Crippen LogP contribution in [0, 0.1) is 5.92 Å². The number of rotatable bonds is 16. The number of nitrogens with one attached hydrogen (secondary N) is 3. The molecule has 0 amide bonds. The van der Waals surface area contributed by atoms with Crippen LogP contribution in [0.25, 0.3) is 0 Å². The molecule has 0 spiro atoms. The van der Waals surface area contributed by atoms with Crippen LogP contribution in [-0.4, -0.2) is 26.5 Å². The topological polar surface area (TPSA) is 87.7 Å². The normalized spacial score (nSPS) is 17.5. The van der Waals surface area contributed by atoms with Gasteiger partial charge < -0.3 is 16.0 Å². The maximum Gasteiger partial charge on any atom is 0.224 e. The molecule has 0 aliphatic heterocycles. The molecule has 0 bridgehead atoms. The van der Waals surface area contributed by atoms with Gasteiger partial charge in [0.2, 0.25) is 5.95 Å². The van der Waals surface area contributed by atoms with E-state index >= 15 is 0 Å². The van der Waals surface area contributed by atoms with Crippen molar-refractivity contribution in [1.29, 1.82) is 0 Å². The molecule has 1 aliphatic carbocycles. The molecule has 7 aromatic rings. The Morgan fingerprint density at radius 1 is 0.439 bits per heavy atom. The summed E-state index contributed by atoms with van der Waals surface area (Å²) in [7, 11) is 0. The molecule has 1 aliphatic rings. The van der Waals surface area contributed by atoms with E-state index in [0.717, 1.165) is 48.2 Å². The highest BCUT2D eigenvalue weighted by Crippen LogP contribution is 2.66. The molecule has 286 valence electrons. The maximum absolute atomic E-state index is 5.44. The molecule has 5 aromatic carbocycles. The first kappa shape index (κ1) is 37.6. The van der Waals surface area contributed by atoms with Gasteiger partial charge in [-0.25, -0.2) is 15.0 Å². The molecule has 7 heteroatoms. The highest BCUT2D eigenvalue weighted by molar-refractivity contribution is 5.52. The van der Waals surface area contributed by atoms with E-state index < -0.39 is 0 Å². The number of aryl methyl sites for hydroxylation is 2. The first-order valence-electron chi connectivity index (χ1n) is 20.3. The van der Waals surface area contributed by atoms with Crippen molar-refractivity contribution < 1.29 is 0 Å². The SMILES string of the molecule is CC(C)CNc1nc(NCc2ccccc2)cc(C2[C@H](c3ccccc3)C(c3cc(NCc4ccccc4)nc(CCc4ccccc4)n3)[C@H]2c2ccccc2)n1. The molecular formula is C50H51N7. The molecule has 7 nitrogen and oxygen atoms in total. The Labute approximate surface area is 337 Å². The van der Waals surface area contributed by atoms with Gasteiger partial charge in [0.15, 0.2) is 0 Å². The number of aromatic nitrogens is 4. The first-order chi connectivity index (χ1) is 28.1. The predicted molar refractivity (Wildman–Crippen MR) is 233 cm³/mol. The molecule has 8 rings (SSSR count). The molecule has 0 radical (unpaired) electrons. The molecule has 2 aromatic heterocycles. The van der Waals surface area contributed by atoms with E-state index in [-0.39, 0.29) is 23.7 Å². The smallest absolute Gasteiger partial charge is 0.224 e. The largest absolute Gasteiger partial charge is 0.366 e. The second kappa shape index (κ2) is 18.1. The van der Waals surface area contributed by atoms with Gasteiger partial charge in [0.1, 0.15) is 17.5 Å². The summed E-state index contributed by atoms with van der Waals surface area (Å²) in [6.45, 7) is 6.54. The molecule has 1 saturated carbocycles. The molecule has 57 heavy (non-hydrogen) atoms. The molecule has 3 N–H and O–H groups in total. The van der Waals surface area contributed by atoms with Crippen LogP contribution in [-0.2, 0) is 25.9 Å². The Hall–Kier alpha value is -6.34. The minimum Gasteiger partial charge on any atom is -0.366 e. The van der Waals surface area contributed by atoms with Gasteiger partial charge in [0.25, 0.3) is 0 Å². The van der Waals surface area contributed by atoms with Gasteiger partial charge in [-0.15, -0.1) is 0 Å². The van der Waals surface area contributed by atoms with Gasteiger partial charge >= 0.3 is 0 Å². The van der Waals surface area contributed by atoms with Gasteiger partial charge in [-0.05, 0) is 40.2 Å². The highest BCUT2D eigenvalue weighted by atomic mass is 15.1. The molecular weight excluding hydrogens is 699 g/mol. The summed E-state index contributed by atoms with van der Waals surface area (Å²) < 4.78 is 0. The van der Waals surface area contributed by atoms with E-state index in [1.807, 2.05) is 6.07 Å². The number of anilines is 3. The van der Waals surface area contributed by atoms with Crippen molar-refractivity contribution >= 4 is 17.6 Å². The van der Waals surface area contributed by atoms with Gasteiger partial charge in [-0.3, -0.25) is 0 Å². The van der Waals surface area contributed by atoms with Crippen LogP contribution in [0.3, 0.4) is 0 Å². The quantitative estimate of drug-likeness (QED) is 0.0907. The fourth-order valence-electron chi connectivity index (χ4n) is 8.13. The summed E-state index contributed by atoms with van der Waals surface area (Å²) in [4.78, 5) is 20.9. The van der Waals surface area contributed by atoms with E-state index in [1.54, 1.807) is 0 Å². The summed E-state index contributed by atoms with van der Waals surface area (Å²) in [5, 5.41) is 10.9. The fourth-order valence-corrected chi connectivity index (χ4v) is 8.13. The lowest BCUT2D eigenvalue weighted by Crippen LogP contribution is -2.41. The van der Waals surface area contributed by atoms with E-state index in [9.17, 15) is 0 Å². The molecule has 2 heterocycles. The third-order valence-corrected chi connectivity index (χ3v) is 10.9. The third-order valence-electron chi connectivity index (χ3n) is 10.9. The Kier molecular flexibility index (Phi) is 11.9. The van der Waals surface area contributed by atoms with Crippen LogP contribution in [0.15, 0.2) is 164 Å². The van der Waals surface area contributed by atoms with E-state index in [4.69, 9.17) is 19.9 Å². The number of hydrogen-bond donors (Lipinski definition) is 3. The minimum absolute atomic E-state index is 0.0585. The van der Waals surface area contributed by atoms with Gasteiger partial charge in [0, 0.05) is 61.9 Å². The van der Waals surface area contributed by atoms with E-state index in [2.05, 4.69) is 188 Å². The predicted octanol–water partition coefficient (Wildman–Crippen LogP) is 10.8. The van der Waals surface area contributed by atoms with Crippen molar-refractivity contribution in [2.24, 2.45) is 5.92 Å². The zero-order valence-electron chi connectivity index (χ0n) is 32.8. The lowest BCUT2D eigenvalue weighted by Gasteiger charge is -2.52. The summed E-state index contributed by atoms with van der Waals surface area (Å²) in [6, 6.07) is 57.9. The van der Waals surface area contributed by atoms with Gasteiger partial charge in [-0.2, -0.15) is 4.98 Å². The zero-order valence-corrected chi connectivity index (χ0v) is 32.8. The number of benzene rings is 5. The van der Waals surface area contributed by atoms with Crippen LogP contribution in [0.4, 0.5) is 17.6 Å². The molecule has 0 saturated heterocycles. The monoisotopic (exact) mass is 749 g/mol. The van der Waals surface area contributed by atoms with Crippen molar-refractivity contribution in [3.05, 3.63) is 209 Å².